The number of aliphatic hydroxyl groups is 1. The summed E-state index contributed by atoms with van der Waals surface area (Å²) in [7, 11) is -9.91. The van der Waals surface area contributed by atoms with Crippen LogP contribution in [0.5, 0.6) is 0 Å². The molecule has 0 rings (SSSR count). The van der Waals surface area contributed by atoms with Crippen LogP contribution in [0.4, 0.5) is 0 Å². The molecule has 570 valence electrons. The van der Waals surface area contributed by atoms with E-state index in [-0.39, 0.29) is 25.7 Å². The number of ether oxygens (including phenoxy) is 4. The molecule has 0 aliphatic carbocycles. The second-order valence-electron chi connectivity index (χ2n) is 28.5. The maximum absolute atomic E-state index is 13.1. The fourth-order valence-electron chi connectivity index (χ4n) is 11.7. The van der Waals surface area contributed by atoms with Gasteiger partial charge in [-0.05, 0) is 43.4 Å². The van der Waals surface area contributed by atoms with E-state index in [4.69, 9.17) is 37.0 Å². The van der Waals surface area contributed by atoms with Crippen molar-refractivity contribution in [2.24, 2.45) is 17.8 Å². The second-order valence-corrected chi connectivity index (χ2v) is 31.4. The molecule has 0 heterocycles. The Bertz CT molecular complexity index is 1880. The summed E-state index contributed by atoms with van der Waals surface area (Å²) in [4.78, 5) is 72.7. The molecule has 19 heteroatoms. The molecule has 0 aromatic heterocycles. The number of aliphatic hydroxyl groups excluding tert-OH is 1. The van der Waals surface area contributed by atoms with E-state index < -0.39 is 97.5 Å². The zero-order valence-electron chi connectivity index (χ0n) is 62.8. The van der Waals surface area contributed by atoms with Gasteiger partial charge in [0.25, 0.3) is 0 Å². The van der Waals surface area contributed by atoms with Gasteiger partial charge in [0, 0.05) is 25.7 Å². The average molecular weight is 1410 g/mol. The highest BCUT2D eigenvalue weighted by molar-refractivity contribution is 7.47. The Kier molecular flexibility index (Phi) is 66.2. The zero-order valence-corrected chi connectivity index (χ0v) is 64.6. The first-order chi connectivity index (χ1) is 46.3. The topological polar surface area (TPSA) is 237 Å². The van der Waals surface area contributed by atoms with Crippen molar-refractivity contribution in [3.8, 4) is 0 Å². The van der Waals surface area contributed by atoms with Crippen LogP contribution < -0.4 is 0 Å². The van der Waals surface area contributed by atoms with Gasteiger partial charge in [-0.2, -0.15) is 0 Å². The third-order valence-corrected chi connectivity index (χ3v) is 20.9. The molecule has 0 aliphatic heterocycles. The molecule has 0 bridgehead atoms. The van der Waals surface area contributed by atoms with Crippen LogP contribution in [0.1, 0.15) is 395 Å². The Labute approximate surface area is 588 Å². The van der Waals surface area contributed by atoms with Crippen molar-refractivity contribution in [3.05, 3.63) is 0 Å². The predicted molar refractivity (Wildman–Crippen MR) is 391 cm³/mol. The van der Waals surface area contributed by atoms with Gasteiger partial charge in [-0.15, -0.1) is 0 Å². The molecule has 8 atom stereocenters. The maximum Gasteiger partial charge on any atom is 0.472 e. The normalized spacial score (nSPS) is 14.9. The van der Waals surface area contributed by atoms with Gasteiger partial charge in [0.1, 0.15) is 19.3 Å². The Morgan fingerprint density at radius 2 is 0.500 bits per heavy atom. The molecule has 17 nitrogen and oxygen atoms in total. The van der Waals surface area contributed by atoms with Crippen molar-refractivity contribution < 1.29 is 80.2 Å². The molecule has 0 aromatic carbocycles. The summed E-state index contributed by atoms with van der Waals surface area (Å²) in [6.07, 6.45) is 54.1. The van der Waals surface area contributed by atoms with Gasteiger partial charge in [0.2, 0.25) is 0 Å². The lowest BCUT2D eigenvalue weighted by atomic mass is 9.99. The molecule has 0 amide bonds. The summed E-state index contributed by atoms with van der Waals surface area (Å²) in [6, 6.07) is 0. The number of unbranched alkanes of at least 4 members (excludes halogenated alkanes) is 40. The molecule has 5 unspecified atom stereocenters. The molecule has 0 radical (unpaired) electrons. The van der Waals surface area contributed by atoms with Crippen molar-refractivity contribution in [2.75, 3.05) is 39.6 Å². The Morgan fingerprint density at radius 3 is 0.740 bits per heavy atom. The molecule has 0 aliphatic rings. The number of carbonyl (C=O) groups is 4. The van der Waals surface area contributed by atoms with Gasteiger partial charge in [0.15, 0.2) is 12.2 Å². The molecule has 0 fully saturated rings. The van der Waals surface area contributed by atoms with Gasteiger partial charge < -0.3 is 33.8 Å². The van der Waals surface area contributed by atoms with E-state index in [9.17, 15) is 43.2 Å². The van der Waals surface area contributed by atoms with Crippen molar-refractivity contribution >= 4 is 39.5 Å². The predicted octanol–water partition coefficient (Wildman–Crippen LogP) is 22.6. The Hall–Kier alpha value is -1.94. The number of esters is 4. The minimum Gasteiger partial charge on any atom is -0.462 e. The van der Waals surface area contributed by atoms with Crippen LogP contribution in [-0.4, -0.2) is 96.7 Å². The number of phosphoric acid groups is 2. The summed E-state index contributed by atoms with van der Waals surface area (Å²) in [5.74, 6) is 0.329. The SMILES string of the molecule is CCCCCCCCCCC(=O)OC[C@H](COP(=O)(O)OC[C@H](O)COP(=O)(O)OC[C@@H](COC(=O)CCCCCCCCCCCCC(C)CC)OC(=O)CCCCCCCCCCCCCCCCCCCCC(C)CC)OC(=O)CCCCCCCCCCC(C)CC. The summed E-state index contributed by atoms with van der Waals surface area (Å²) in [6.45, 7) is 12.0. The van der Waals surface area contributed by atoms with Crippen molar-refractivity contribution in [1.29, 1.82) is 0 Å². The van der Waals surface area contributed by atoms with E-state index in [0.717, 1.165) is 114 Å². The van der Waals surface area contributed by atoms with Crippen molar-refractivity contribution in [2.45, 2.75) is 414 Å². The van der Waals surface area contributed by atoms with Crippen LogP contribution in [-0.2, 0) is 65.4 Å². The highest BCUT2D eigenvalue weighted by Crippen LogP contribution is 2.45. The van der Waals surface area contributed by atoms with Gasteiger partial charge >= 0.3 is 39.5 Å². The van der Waals surface area contributed by atoms with E-state index in [0.29, 0.717) is 25.7 Å². The fraction of sp³-hybridized carbons (Fsp3) is 0.948. The van der Waals surface area contributed by atoms with Gasteiger partial charge in [0.05, 0.1) is 26.4 Å². The lowest BCUT2D eigenvalue weighted by Gasteiger charge is -2.21. The number of rotatable bonds is 75. The number of phosphoric ester groups is 2. The van der Waals surface area contributed by atoms with E-state index in [1.54, 1.807) is 0 Å². The minimum absolute atomic E-state index is 0.105. The summed E-state index contributed by atoms with van der Waals surface area (Å²) >= 11 is 0. The highest BCUT2D eigenvalue weighted by atomic mass is 31.2. The molecular weight excluding hydrogens is 1260 g/mol. The first-order valence-corrected chi connectivity index (χ1v) is 43.0. The van der Waals surface area contributed by atoms with Crippen molar-refractivity contribution in [1.82, 2.24) is 0 Å². The molecule has 0 saturated carbocycles. The lowest BCUT2D eigenvalue weighted by molar-refractivity contribution is -0.161. The molecule has 96 heavy (non-hydrogen) atoms. The highest BCUT2D eigenvalue weighted by Gasteiger charge is 2.30. The van der Waals surface area contributed by atoms with Gasteiger partial charge in [-0.3, -0.25) is 37.3 Å². The summed E-state index contributed by atoms with van der Waals surface area (Å²) in [5.41, 5.74) is 0. The molecular formula is C77H150O17P2. The maximum atomic E-state index is 13.1. The van der Waals surface area contributed by atoms with Gasteiger partial charge in [-0.25, -0.2) is 9.13 Å². The first-order valence-electron chi connectivity index (χ1n) is 40.0. The van der Waals surface area contributed by atoms with Crippen LogP contribution >= 0.6 is 15.6 Å². The van der Waals surface area contributed by atoms with E-state index in [1.165, 1.54) is 199 Å². The quantitative estimate of drug-likeness (QED) is 0.0222. The molecule has 0 aromatic rings. The molecule has 3 N–H and O–H groups in total. The zero-order chi connectivity index (χ0) is 70.9. The van der Waals surface area contributed by atoms with Crippen LogP contribution in [0.25, 0.3) is 0 Å². The van der Waals surface area contributed by atoms with Gasteiger partial charge in [-0.1, -0.05) is 344 Å². The number of carbonyl (C=O) groups excluding carboxylic acids is 4. The number of hydrogen-bond acceptors (Lipinski definition) is 15. The average Bonchev–Trinajstić information content (AvgIpc) is 1.69. The standard InChI is InChI=1S/C77H150O17P2/c1-8-12-13-14-15-37-44-51-58-74(79)87-64-72(94-77(82)61-54-47-40-33-32-36-43-50-57-70(7)11-4)66-91-95(83,84)89-62-71(78)63-90-96(85,86)92-67-73(65-88-75(80)59-52-45-38-30-27-26-29-35-42-49-56-69(6)10-3)93-76(81)60-53-46-39-31-25-23-21-19-17-16-18-20-22-24-28-34-41-48-55-68(5)9-2/h68-73,78H,8-67H2,1-7H3,(H,83,84)(H,85,86)/t68?,69?,70?,71-,72+,73+/m0/s1. The molecule has 0 saturated heterocycles. The Balaban J connectivity index is 5.18. The monoisotopic (exact) mass is 1410 g/mol. The third-order valence-electron chi connectivity index (χ3n) is 19.0. The fourth-order valence-corrected chi connectivity index (χ4v) is 13.3. The number of hydrogen-bond donors (Lipinski definition) is 3. The van der Waals surface area contributed by atoms with Crippen LogP contribution in [0.3, 0.4) is 0 Å². The van der Waals surface area contributed by atoms with Crippen molar-refractivity contribution in [3.63, 3.8) is 0 Å². The molecule has 0 spiro atoms. The lowest BCUT2D eigenvalue weighted by Crippen LogP contribution is -2.30. The largest absolute Gasteiger partial charge is 0.472 e. The minimum atomic E-state index is -4.96. The van der Waals surface area contributed by atoms with E-state index in [2.05, 4.69) is 48.5 Å². The first kappa shape index (κ1) is 94.1. The van der Waals surface area contributed by atoms with Crippen LogP contribution in [0, 0.1) is 17.8 Å². The third kappa shape index (κ3) is 66.6. The Morgan fingerprint density at radius 1 is 0.292 bits per heavy atom. The summed E-state index contributed by atoms with van der Waals surface area (Å²) < 4.78 is 68.5. The second kappa shape index (κ2) is 67.5. The summed E-state index contributed by atoms with van der Waals surface area (Å²) in [5, 5.41) is 10.6. The van der Waals surface area contributed by atoms with Crippen LogP contribution in [0.15, 0.2) is 0 Å². The van der Waals surface area contributed by atoms with Crippen LogP contribution in [0.2, 0.25) is 0 Å². The van der Waals surface area contributed by atoms with E-state index in [1.807, 2.05) is 0 Å². The smallest absolute Gasteiger partial charge is 0.462 e. The van der Waals surface area contributed by atoms with E-state index >= 15 is 0 Å².